The molecule has 2 aliphatic rings. The van der Waals surface area contributed by atoms with Gasteiger partial charge in [-0.2, -0.15) is 0 Å². The number of nitrogens with zero attached hydrogens (tertiary/aromatic N) is 1. The normalized spacial score (nSPS) is 25.5. The summed E-state index contributed by atoms with van der Waals surface area (Å²) in [6.45, 7) is 8.88. The lowest BCUT2D eigenvalue weighted by Gasteiger charge is -2.32. The molecule has 1 fully saturated rings. The van der Waals surface area contributed by atoms with E-state index in [4.69, 9.17) is 0 Å². The zero-order valence-corrected chi connectivity index (χ0v) is 19.1. The number of hydrogen-bond donors (Lipinski definition) is 0. The summed E-state index contributed by atoms with van der Waals surface area (Å²) in [6.07, 6.45) is 10.6. The Balaban J connectivity index is 1.67. The number of alkyl halides is 1. The van der Waals surface area contributed by atoms with Gasteiger partial charge in [-0.15, -0.1) is 0 Å². The van der Waals surface area contributed by atoms with Gasteiger partial charge in [0.1, 0.15) is 0 Å². The van der Waals surface area contributed by atoms with E-state index in [1.165, 1.54) is 43.2 Å². The first kappa shape index (κ1) is 20.9. The number of benzene rings is 1. The molecule has 1 saturated carbocycles. The van der Waals surface area contributed by atoms with Crippen LogP contribution in [0.4, 0.5) is 5.69 Å². The molecule has 3 heteroatoms. The fourth-order valence-corrected chi connectivity index (χ4v) is 5.33. The Morgan fingerprint density at radius 3 is 2.56 bits per heavy atom. The molecule has 1 unspecified atom stereocenters. The van der Waals surface area contributed by atoms with Crippen LogP contribution in [0.3, 0.4) is 0 Å². The smallest absolute Gasteiger partial charge is 0.230 e. The Hall–Kier alpha value is -0.830. The lowest BCUT2D eigenvalue weighted by Crippen LogP contribution is -2.41. The van der Waals surface area contributed by atoms with Crippen LogP contribution in [-0.4, -0.2) is 16.3 Å². The van der Waals surface area contributed by atoms with E-state index in [0.29, 0.717) is 5.91 Å². The van der Waals surface area contributed by atoms with E-state index in [-0.39, 0.29) is 16.3 Å². The van der Waals surface area contributed by atoms with Crippen molar-refractivity contribution in [2.45, 2.75) is 95.8 Å². The summed E-state index contributed by atoms with van der Waals surface area (Å²) in [7, 11) is 0. The second-order valence-corrected chi connectivity index (χ2v) is 11.6. The lowest BCUT2D eigenvalue weighted by atomic mass is 9.79. The van der Waals surface area contributed by atoms with E-state index < -0.39 is 0 Å². The molecular formula is C24H36BrNO. The van der Waals surface area contributed by atoms with Crippen molar-refractivity contribution in [1.82, 2.24) is 0 Å². The highest BCUT2D eigenvalue weighted by Gasteiger charge is 2.36. The van der Waals surface area contributed by atoms with Crippen LogP contribution >= 0.6 is 15.9 Å². The zero-order chi connectivity index (χ0) is 19.6. The molecule has 0 N–H and O–H groups in total. The molecule has 2 nitrogen and oxygen atoms in total. The van der Waals surface area contributed by atoms with Crippen LogP contribution in [0, 0.1) is 11.8 Å². The van der Waals surface area contributed by atoms with Crippen molar-refractivity contribution >= 4 is 27.5 Å². The number of fused-ring (bicyclic) bond motifs is 1. The van der Waals surface area contributed by atoms with E-state index in [1.54, 1.807) is 0 Å². The van der Waals surface area contributed by atoms with Crippen LogP contribution in [0.5, 0.6) is 0 Å². The molecule has 3 rings (SSSR count). The first-order chi connectivity index (χ1) is 12.8. The van der Waals surface area contributed by atoms with E-state index in [0.717, 1.165) is 37.3 Å². The van der Waals surface area contributed by atoms with Crippen molar-refractivity contribution in [2.75, 3.05) is 4.90 Å². The number of anilines is 1. The molecule has 0 bridgehead atoms. The van der Waals surface area contributed by atoms with Crippen molar-refractivity contribution in [3.8, 4) is 0 Å². The second kappa shape index (κ2) is 8.68. The molecule has 1 heterocycles. The zero-order valence-electron chi connectivity index (χ0n) is 17.6. The number of unbranched alkanes of at least 4 members (excludes halogenated alkanes) is 1. The summed E-state index contributed by atoms with van der Waals surface area (Å²) < 4.78 is 0.109. The fourth-order valence-electron chi connectivity index (χ4n) is 5.00. The average molecular weight is 434 g/mol. The first-order valence-electron chi connectivity index (χ1n) is 10.9. The highest BCUT2D eigenvalue weighted by atomic mass is 79.9. The SMILES string of the molecule is CCCCC1CCC(C(=O)N2c3ccc(CC(C)(C)Br)cc3CC2C)CC1. The summed E-state index contributed by atoms with van der Waals surface area (Å²) in [5.74, 6) is 1.47. The first-order valence-corrected chi connectivity index (χ1v) is 11.7. The van der Waals surface area contributed by atoms with Crippen LogP contribution < -0.4 is 4.90 Å². The van der Waals surface area contributed by atoms with Gasteiger partial charge in [0.25, 0.3) is 0 Å². The van der Waals surface area contributed by atoms with Gasteiger partial charge in [-0.1, -0.05) is 54.2 Å². The van der Waals surface area contributed by atoms with Crippen molar-refractivity contribution in [3.05, 3.63) is 29.3 Å². The van der Waals surface area contributed by atoms with Crippen molar-refractivity contribution < 1.29 is 4.79 Å². The molecule has 1 aromatic carbocycles. The highest BCUT2D eigenvalue weighted by Crippen LogP contribution is 2.39. The molecule has 1 aliphatic heterocycles. The van der Waals surface area contributed by atoms with Gasteiger partial charge in [-0.05, 0) is 82.4 Å². The number of carbonyl (C=O) groups excluding carboxylic acids is 1. The molecule has 0 radical (unpaired) electrons. The van der Waals surface area contributed by atoms with Crippen molar-refractivity contribution in [3.63, 3.8) is 0 Å². The van der Waals surface area contributed by atoms with Crippen LogP contribution in [0.2, 0.25) is 0 Å². The van der Waals surface area contributed by atoms with Gasteiger partial charge < -0.3 is 4.90 Å². The maximum atomic E-state index is 13.3. The van der Waals surface area contributed by atoms with Gasteiger partial charge in [0.2, 0.25) is 5.91 Å². The van der Waals surface area contributed by atoms with Crippen molar-refractivity contribution in [2.24, 2.45) is 11.8 Å². The molecule has 1 aliphatic carbocycles. The molecule has 1 atom stereocenters. The molecule has 27 heavy (non-hydrogen) atoms. The fraction of sp³-hybridized carbons (Fsp3) is 0.708. The minimum atomic E-state index is 0.109. The predicted octanol–water partition coefficient (Wildman–Crippen LogP) is 6.68. The molecule has 0 spiro atoms. The minimum absolute atomic E-state index is 0.109. The quantitative estimate of drug-likeness (QED) is 0.458. The van der Waals surface area contributed by atoms with Gasteiger partial charge in [0, 0.05) is 22.0 Å². The Morgan fingerprint density at radius 2 is 1.93 bits per heavy atom. The van der Waals surface area contributed by atoms with Crippen LogP contribution in [0.1, 0.15) is 83.8 Å². The standard InChI is InChI=1S/C24H36BrNO/c1-5-6-7-18-8-11-20(12-9-18)23(27)26-17(2)14-21-15-19(10-13-22(21)26)16-24(3,4)25/h10,13,15,17-18,20H,5-9,11-12,14,16H2,1-4H3. The third-order valence-corrected chi connectivity index (χ3v) is 6.66. The Morgan fingerprint density at radius 1 is 1.22 bits per heavy atom. The molecule has 1 aromatic rings. The van der Waals surface area contributed by atoms with E-state index in [9.17, 15) is 4.79 Å². The lowest BCUT2D eigenvalue weighted by molar-refractivity contribution is -0.123. The van der Waals surface area contributed by atoms with Gasteiger partial charge in [-0.3, -0.25) is 4.79 Å². The largest absolute Gasteiger partial charge is 0.309 e. The van der Waals surface area contributed by atoms with Gasteiger partial charge >= 0.3 is 0 Å². The second-order valence-electron chi connectivity index (χ2n) is 9.48. The minimum Gasteiger partial charge on any atom is -0.309 e. The van der Waals surface area contributed by atoms with E-state index in [2.05, 4.69) is 66.7 Å². The number of amides is 1. The molecule has 150 valence electrons. The average Bonchev–Trinajstić information content (AvgIpc) is 2.93. The number of hydrogen-bond acceptors (Lipinski definition) is 1. The summed E-state index contributed by atoms with van der Waals surface area (Å²) >= 11 is 3.75. The van der Waals surface area contributed by atoms with Crippen LogP contribution in [0.15, 0.2) is 18.2 Å². The van der Waals surface area contributed by atoms with Gasteiger partial charge in [0.15, 0.2) is 0 Å². The van der Waals surface area contributed by atoms with Crippen LogP contribution in [-0.2, 0) is 17.6 Å². The molecule has 0 aromatic heterocycles. The Kier molecular flexibility index (Phi) is 6.71. The predicted molar refractivity (Wildman–Crippen MR) is 119 cm³/mol. The monoisotopic (exact) mass is 433 g/mol. The summed E-state index contributed by atoms with van der Waals surface area (Å²) in [4.78, 5) is 15.4. The van der Waals surface area contributed by atoms with Crippen molar-refractivity contribution in [1.29, 1.82) is 0 Å². The maximum absolute atomic E-state index is 13.3. The number of carbonyl (C=O) groups is 1. The Labute approximate surface area is 174 Å². The molecule has 1 amide bonds. The third-order valence-electron chi connectivity index (χ3n) is 6.38. The van der Waals surface area contributed by atoms with E-state index in [1.807, 2.05) is 0 Å². The molecular weight excluding hydrogens is 398 g/mol. The van der Waals surface area contributed by atoms with Crippen LogP contribution in [0.25, 0.3) is 0 Å². The number of halogens is 1. The van der Waals surface area contributed by atoms with E-state index >= 15 is 0 Å². The molecule has 0 saturated heterocycles. The Bertz CT molecular complexity index is 655. The highest BCUT2D eigenvalue weighted by molar-refractivity contribution is 9.10. The summed E-state index contributed by atoms with van der Waals surface area (Å²) in [5, 5.41) is 0. The summed E-state index contributed by atoms with van der Waals surface area (Å²) in [5.41, 5.74) is 3.87. The van der Waals surface area contributed by atoms with Gasteiger partial charge in [0.05, 0.1) is 0 Å². The third kappa shape index (κ3) is 5.16. The number of rotatable bonds is 6. The topological polar surface area (TPSA) is 20.3 Å². The van der Waals surface area contributed by atoms with Gasteiger partial charge in [-0.25, -0.2) is 0 Å². The summed E-state index contributed by atoms with van der Waals surface area (Å²) in [6, 6.07) is 7.01. The maximum Gasteiger partial charge on any atom is 0.230 e.